The summed E-state index contributed by atoms with van der Waals surface area (Å²) in [6.45, 7) is 6.98. The van der Waals surface area contributed by atoms with Gasteiger partial charge in [-0.15, -0.1) is 0 Å². The summed E-state index contributed by atoms with van der Waals surface area (Å²) < 4.78 is 2.21. The van der Waals surface area contributed by atoms with Crippen molar-refractivity contribution in [1.82, 2.24) is 4.57 Å². The van der Waals surface area contributed by atoms with E-state index < -0.39 is 0 Å². The first-order valence-electron chi connectivity index (χ1n) is 12.2. The molecule has 0 saturated heterocycles. The Hall–Kier alpha value is -3.53. The van der Waals surface area contributed by atoms with Gasteiger partial charge >= 0.3 is 0 Å². The normalized spacial score (nSPS) is 11.3. The van der Waals surface area contributed by atoms with E-state index in [9.17, 15) is 9.59 Å². The Labute approximate surface area is 201 Å². The number of hydrogen-bond acceptors (Lipinski definition) is 3. The van der Waals surface area contributed by atoms with Gasteiger partial charge in [0, 0.05) is 45.0 Å². The number of Topliss-reactive ketones (excluding diaryl/α,β-unsaturated/α-hetero) is 1. The van der Waals surface area contributed by atoms with Crippen LogP contribution in [0, 0.1) is 12.3 Å². The number of nitrogens with one attached hydrogen (secondary N) is 1. The quantitative estimate of drug-likeness (QED) is 0.154. The first kappa shape index (κ1) is 23.6. The Morgan fingerprint density at radius 1 is 0.824 bits per heavy atom. The van der Waals surface area contributed by atoms with Gasteiger partial charge in [-0.3, -0.25) is 9.59 Å². The predicted molar refractivity (Wildman–Crippen MR) is 141 cm³/mol. The van der Waals surface area contributed by atoms with Crippen molar-refractivity contribution in [2.75, 3.05) is 0 Å². The summed E-state index contributed by atoms with van der Waals surface area (Å²) in [7, 11) is 0. The number of carbonyl (C=O) groups excluding carboxylic acids is 2. The molecule has 0 aliphatic carbocycles. The summed E-state index contributed by atoms with van der Waals surface area (Å²) in [5.74, 6) is -0.207. The number of benzene rings is 3. The number of carbonyl (C=O) groups is 2. The number of unbranched alkanes of at least 4 members (excludes halogenated alkanes) is 3. The minimum Gasteiger partial charge on any atom is -0.341 e. The fourth-order valence-electron chi connectivity index (χ4n) is 4.73. The van der Waals surface area contributed by atoms with E-state index in [4.69, 9.17) is 5.41 Å². The molecule has 1 heterocycles. The van der Waals surface area contributed by atoms with Gasteiger partial charge in [-0.2, -0.15) is 0 Å². The van der Waals surface area contributed by atoms with Gasteiger partial charge in [0.05, 0.1) is 5.71 Å². The minimum atomic E-state index is -0.206. The molecule has 0 fully saturated rings. The van der Waals surface area contributed by atoms with E-state index in [1.807, 2.05) is 67.6 Å². The molecule has 4 heteroatoms. The van der Waals surface area contributed by atoms with Crippen molar-refractivity contribution in [3.63, 3.8) is 0 Å². The number of hydrogen-bond donors (Lipinski definition) is 1. The lowest BCUT2D eigenvalue weighted by Crippen LogP contribution is -2.13. The molecule has 4 nitrogen and oxygen atoms in total. The van der Waals surface area contributed by atoms with Crippen LogP contribution in [0.1, 0.15) is 77.8 Å². The van der Waals surface area contributed by atoms with E-state index >= 15 is 0 Å². The van der Waals surface area contributed by atoms with Gasteiger partial charge in [0.1, 0.15) is 0 Å². The molecule has 4 aromatic rings. The number of ketones is 2. The molecule has 0 spiro atoms. The van der Waals surface area contributed by atoms with E-state index in [-0.39, 0.29) is 17.3 Å². The second-order valence-electron chi connectivity index (χ2n) is 8.97. The lowest BCUT2D eigenvalue weighted by molar-refractivity contribution is 0.103. The van der Waals surface area contributed by atoms with Crippen molar-refractivity contribution in [3.05, 3.63) is 82.9 Å². The van der Waals surface area contributed by atoms with Crippen molar-refractivity contribution in [2.45, 2.75) is 59.4 Å². The molecule has 3 aromatic carbocycles. The summed E-state index contributed by atoms with van der Waals surface area (Å²) >= 11 is 0. The summed E-state index contributed by atoms with van der Waals surface area (Å²) in [6, 6.07) is 19.2. The SMILES string of the molecule is CCCCCCC(=N)C(=O)c1ccc2c(c1)c1cc(C(=O)c3ccccc3C)ccc1n2CC. The number of rotatable bonds is 10. The smallest absolute Gasteiger partial charge is 0.206 e. The highest BCUT2D eigenvalue weighted by Crippen LogP contribution is 2.31. The zero-order valence-corrected chi connectivity index (χ0v) is 20.3. The molecule has 0 atom stereocenters. The van der Waals surface area contributed by atoms with Gasteiger partial charge in [-0.25, -0.2) is 0 Å². The highest BCUT2D eigenvalue weighted by Gasteiger charge is 2.18. The summed E-state index contributed by atoms with van der Waals surface area (Å²) in [5, 5.41) is 10.2. The Kier molecular flexibility index (Phi) is 7.06. The maximum absolute atomic E-state index is 13.2. The first-order chi connectivity index (χ1) is 16.5. The van der Waals surface area contributed by atoms with Gasteiger partial charge in [0.2, 0.25) is 5.78 Å². The third kappa shape index (κ3) is 4.45. The van der Waals surface area contributed by atoms with E-state index in [2.05, 4.69) is 18.4 Å². The Balaban J connectivity index is 1.74. The highest BCUT2D eigenvalue weighted by molar-refractivity contribution is 6.45. The molecule has 0 aliphatic heterocycles. The molecule has 34 heavy (non-hydrogen) atoms. The lowest BCUT2D eigenvalue weighted by atomic mass is 9.97. The molecule has 4 rings (SSSR count). The van der Waals surface area contributed by atoms with Gasteiger partial charge in [-0.05, 0) is 68.7 Å². The minimum absolute atomic E-state index is 0.00140. The molecule has 1 N–H and O–H groups in total. The molecule has 0 bridgehead atoms. The third-order valence-electron chi connectivity index (χ3n) is 6.65. The second kappa shape index (κ2) is 10.2. The predicted octanol–water partition coefficient (Wildman–Crippen LogP) is 7.53. The number of nitrogens with zero attached hydrogens (tertiary/aromatic N) is 1. The largest absolute Gasteiger partial charge is 0.341 e. The van der Waals surface area contributed by atoms with E-state index in [0.717, 1.165) is 59.6 Å². The van der Waals surface area contributed by atoms with Crippen molar-refractivity contribution < 1.29 is 9.59 Å². The zero-order valence-electron chi connectivity index (χ0n) is 20.3. The van der Waals surface area contributed by atoms with Crippen LogP contribution >= 0.6 is 0 Å². The molecule has 0 radical (unpaired) electrons. The molecule has 1 aromatic heterocycles. The monoisotopic (exact) mass is 452 g/mol. The molecule has 174 valence electrons. The van der Waals surface area contributed by atoms with E-state index in [1.54, 1.807) is 0 Å². The Bertz CT molecular complexity index is 1390. The number of aromatic nitrogens is 1. The molecule has 0 amide bonds. The maximum Gasteiger partial charge on any atom is 0.206 e. The molecule has 0 aliphatic rings. The second-order valence-corrected chi connectivity index (χ2v) is 8.97. The van der Waals surface area contributed by atoms with Crippen LogP contribution in [0.4, 0.5) is 0 Å². The van der Waals surface area contributed by atoms with Gasteiger partial charge in [0.15, 0.2) is 5.78 Å². The molecule has 0 saturated carbocycles. The molecular formula is C30H32N2O2. The van der Waals surface area contributed by atoms with Crippen LogP contribution in [-0.4, -0.2) is 21.8 Å². The topological polar surface area (TPSA) is 62.9 Å². The van der Waals surface area contributed by atoms with Gasteiger partial charge in [-0.1, -0.05) is 50.5 Å². The van der Waals surface area contributed by atoms with Crippen LogP contribution < -0.4 is 0 Å². The Morgan fingerprint density at radius 3 is 2.12 bits per heavy atom. The Morgan fingerprint density at radius 2 is 1.47 bits per heavy atom. The number of fused-ring (bicyclic) bond motifs is 3. The van der Waals surface area contributed by atoms with Crippen LogP contribution in [0.15, 0.2) is 60.7 Å². The van der Waals surface area contributed by atoms with Crippen molar-refractivity contribution in [1.29, 1.82) is 5.41 Å². The van der Waals surface area contributed by atoms with Crippen LogP contribution in [0.2, 0.25) is 0 Å². The van der Waals surface area contributed by atoms with Crippen molar-refractivity contribution >= 4 is 39.1 Å². The summed E-state index contributed by atoms with van der Waals surface area (Å²) in [6.07, 6.45) is 4.71. The van der Waals surface area contributed by atoms with Gasteiger partial charge < -0.3 is 9.98 Å². The third-order valence-corrected chi connectivity index (χ3v) is 6.65. The average molecular weight is 453 g/mol. The average Bonchev–Trinajstić information content (AvgIpc) is 3.18. The van der Waals surface area contributed by atoms with Crippen LogP contribution in [0.3, 0.4) is 0 Å². The first-order valence-corrected chi connectivity index (χ1v) is 12.2. The zero-order chi connectivity index (χ0) is 24.2. The maximum atomic E-state index is 13.2. The fraction of sp³-hybridized carbons (Fsp3) is 0.300. The summed E-state index contributed by atoms with van der Waals surface area (Å²) in [5.41, 5.74) is 5.07. The van der Waals surface area contributed by atoms with E-state index in [1.165, 1.54) is 0 Å². The number of aryl methyl sites for hydroxylation is 2. The summed E-state index contributed by atoms with van der Waals surface area (Å²) in [4.78, 5) is 26.2. The molecular weight excluding hydrogens is 420 g/mol. The lowest BCUT2D eigenvalue weighted by Gasteiger charge is -2.06. The fourth-order valence-corrected chi connectivity index (χ4v) is 4.73. The van der Waals surface area contributed by atoms with E-state index in [0.29, 0.717) is 23.1 Å². The van der Waals surface area contributed by atoms with Crippen molar-refractivity contribution in [3.8, 4) is 0 Å². The van der Waals surface area contributed by atoms with Crippen molar-refractivity contribution in [2.24, 2.45) is 0 Å². The van der Waals surface area contributed by atoms with Crippen LogP contribution in [0.25, 0.3) is 21.8 Å². The molecule has 0 unspecified atom stereocenters. The highest BCUT2D eigenvalue weighted by atomic mass is 16.1. The van der Waals surface area contributed by atoms with Gasteiger partial charge in [0.25, 0.3) is 0 Å². The van der Waals surface area contributed by atoms with Crippen LogP contribution in [0.5, 0.6) is 0 Å². The van der Waals surface area contributed by atoms with Crippen LogP contribution in [-0.2, 0) is 6.54 Å². The standard InChI is InChI=1S/C30H32N2O2/c1-4-6-7-8-13-26(31)30(34)22-15-17-28-25(19-22)24-18-21(14-16-27(24)32(28)5-2)29(33)23-12-10-9-11-20(23)3/h9-12,14-19,31H,4-8,13H2,1-3H3.